The monoisotopic (exact) mass is 605 g/mol. The number of nitrogens with zero attached hydrogens (tertiary/aromatic N) is 1. The lowest BCUT2D eigenvalue weighted by Crippen LogP contribution is -2.66. The molecule has 2 aliphatic heterocycles. The van der Waals surface area contributed by atoms with Crippen LogP contribution in [0.3, 0.4) is 0 Å². The number of nitro groups is 1. The van der Waals surface area contributed by atoms with E-state index in [-0.39, 0.29) is 6.42 Å². The molecule has 0 aromatic carbocycles. The van der Waals surface area contributed by atoms with Crippen molar-refractivity contribution in [2.45, 2.75) is 109 Å². The molecule has 0 radical (unpaired) electrons. The van der Waals surface area contributed by atoms with E-state index >= 15 is 0 Å². The molecule has 0 spiro atoms. The van der Waals surface area contributed by atoms with E-state index in [1.807, 2.05) is 0 Å². The lowest BCUT2D eigenvalue weighted by atomic mass is 9.79. The molecule has 3 aliphatic rings. The Kier molecular flexibility index (Phi) is 10.5. The highest BCUT2D eigenvalue weighted by molar-refractivity contribution is 5.73. The zero-order valence-electron chi connectivity index (χ0n) is 24.2. The zero-order chi connectivity index (χ0) is 31.5. The SMILES string of the molecule is COC(=O)[C@H]1C[C@H]2OC(C)(C)O[C@H]2[C@H](OC2OC(COC(C)=O)C(OC(C)=O)C(OC(C)=O)C2OC(C)=O)[C@@H]1[N+](=O)[O-]. The minimum Gasteiger partial charge on any atom is -0.469 e. The molecule has 2 saturated heterocycles. The van der Waals surface area contributed by atoms with Crippen LogP contribution in [0.2, 0.25) is 0 Å². The van der Waals surface area contributed by atoms with Gasteiger partial charge in [-0.25, -0.2) is 0 Å². The van der Waals surface area contributed by atoms with Crippen LogP contribution >= 0.6 is 0 Å². The van der Waals surface area contributed by atoms with E-state index in [1.165, 1.54) is 0 Å². The Morgan fingerprint density at radius 3 is 1.95 bits per heavy atom. The van der Waals surface area contributed by atoms with Gasteiger partial charge in [0.15, 0.2) is 36.5 Å². The number of hydrogen-bond donors (Lipinski definition) is 0. The van der Waals surface area contributed by atoms with Crippen molar-refractivity contribution < 1.29 is 71.5 Å². The van der Waals surface area contributed by atoms with Crippen LogP contribution in [0, 0.1) is 16.0 Å². The molecule has 17 heteroatoms. The van der Waals surface area contributed by atoms with E-state index in [2.05, 4.69) is 0 Å². The average Bonchev–Trinajstić information content (AvgIpc) is 3.18. The predicted octanol–water partition coefficient (Wildman–Crippen LogP) is -0.187. The molecule has 236 valence electrons. The second-order valence-corrected chi connectivity index (χ2v) is 10.4. The number of hydrogen-bond acceptors (Lipinski definition) is 16. The van der Waals surface area contributed by atoms with Crippen LogP contribution in [0.4, 0.5) is 0 Å². The molecule has 0 aromatic heterocycles. The fraction of sp³-hybridized carbons (Fsp3) is 0.800. The Bertz CT molecular complexity index is 1080. The first-order valence-corrected chi connectivity index (χ1v) is 13.1. The predicted molar refractivity (Wildman–Crippen MR) is 132 cm³/mol. The number of ether oxygens (including phenoxy) is 9. The summed E-state index contributed by atoms with van der Waals surface area (Å²) in [4.78, 5) is 72.2. The molecule has 0 N–H and O–H groups in total. The fourth-order valence-corrected chi connectivity index (χ4v) is 5.40. The van der Waals surface area contributed by atoms with E-state index in [1.54, 1.807) is 13.8 Å². The van der Waals surface area contributed by atoms with Gasteiger partial charge in [-0.1, -0.05) is 0 Å². The van der Waals surface area contributed by atoms with Gasteiger partial charge >= 0.3 is 29.8 Å². The Balaban J connectivity index is 2.10. The van der Waals surface area contributed by atoms with Crippen molar-refractivity contribution in [3.63, 3.8) is 0 Å². The summed E-state index contributed by atoms with van der Waals surface area (Å²) in [6.07, 6.45) is -11.4. The summed E-state index contributed by atoms with van der Waals surface area (Å²) >= 11 is 0. The number of carbonyl (C=O) groups excluding carboxylic acids is 5. The van der Waals surface area contributed by atoms with E-state index in [0.717, 1.165) is 34.8 Å². The van der Waals surface area contributed by atoms with Crippen molar-refractivity contribution in [1.82, 2.24) is 0 Å². The molecule has 3 fully saturated rings. The summed E-state index contributed by atoms with van der Waals surface area (Å²) in [5.74, 6) is -6.77. The summed E-state index contributed by atoms with van der Waals surface area (Å²) in [6.45, 7) is 6.86. The second-order valence-electron chi connectivity index (χ2n) is 10.4. The maximum Gasteiger partial charge on any atom is 0.315 e. The van der Waals surface area contributed by atoms with Gasteiger partial charge in [0.2, 0.25) is 0 Å². The summed E-state index contributed by atoms with van der Waals surface area (Å²) < 4.78 is 49.9. The average molecular weight is 606 g/mol. The van der Waals surface area contributed by atoms with Crippen molar-refractivity contribution in [2.75, 3.05) is 13.7 Å². The first-order valence-electron chi connectivity index (χ1n) is 13.1. The molecule has 0 bridgehead atoms. The third-order valence-corrected chi connectivity index (χ3v) is 6.77. The van der Waals surface area contributed by atoms with E-state index in [0.29, 0.717) is 0 Å². The Labute approximate surface area is 240 Å². The number of carbonyl (C=O) groups is 5. The molecule has 1 saturated carbocycles. The summed E-state index contributed by atoms with van der Waals surface area (Å²) in [5, 5.41) is 12.4. The number of esters is 5. The van der Waals surface area contributed by atoms with Gasteiger partial charge in [-0.3, -0.25) is 34.1 Å². The topological polar surface area (TPSA) is 212 Å². The van der Waals surface area contributed by atoms with Crippen molar-refractivity contribution in [3.05, 3.63) is 10.1 Å². The normalized spacial score (nSPS) is 35.2. The first kappa shape index (κ1) is 33.1. The van der Waals surface area contributed by atoms with Crippen LogP contribution < -0.4 is 0 Å². The van der Waals surface area contributed by atoms with Crippen LogP contribution in [0.5, 0.6) is 0 Å². The summed E-state index contributed by atoms with van der Waals surface area (Å²) in [5.41, 5.74) is 0. The highest BCUT2D eigenvalue weighted by atomic mass is 16.8. The van der Waals surface area contributed by atoms with Gasteiger partial charge in [-0.15, -0.1) is 0 Å². The Morgan fingerprint density at radius 2 is 1.43 bits per heavy atom. The zero-order valence-corrected chi connectivity index (χ0v) is 24.2. The van der Waals surface area contributed by atoms with Gasteiger partial charge in [-0.05, 0) is 20.3 Å². The molecule has 0 amide bonds. The third kappa shape index (κ3) is 7.70. The summed E-state index contributed by atoms with van der Waals surface area (Å²) in [7, 11) is 1.08. The third-order valence-electron chi connectivity index (χ3n) is 6.77. The molecule has 10 atom stereocenters. The molecular weight excluding hydrogens is 570 g/mol. The highest BCUT2D eigenvalue weighted by Crippen LogP contribution is 2.43. The van der Waals surface area contributed by atoms with Gasteiger partial charge in [0.1, 0.15) is 24.7 Å². The molecule has 1 aliphatic carbocycles. The van der Waals surface area contributed by atoms with E-state index in [9.17, 15) is 34.1 Å². The van der Waals surface area contributed by atoms with Gasteiger partial charge in [0.25, 0.3) is 6.04 Å². The van der Waals surface area contributed by atoms with Crippen LogP contribution in [-0.4, -0.2) is 109 Å². The van der Waals surface area contributed by atoms with Gasteiger partial charge in [-0.2, -0.15) is 0 Å². The Morgan fingerprint density at radius 1 is 0.857 bits per heavy atom. The number of rotatable bonds is 9. The lowest BCUT2D eigenvalue weighted by molar-refractivity contribution is -0.553. The number of fused-ring (bicyclic) bond motifs is 1. The first-order chi connectivity index (χ1) is 19.5. The van der Waals surface area contributed by atoms with Crippen molar-refractivity contribution in [1.29, 1.82) is 0 Å². The lowest BCUT2D eigenvalue weighted by Gasteiger charge is -2.46. The molecule has 17 nitrogen and oxygen atoms in total. The van der Waals surface area contributed by atoms with Crippen LogP contribution in [0.25, 0.3) is 0 Å². The van der Waals surface area contributed by atoms with Crippen LogP contribution in [-0.2, 0) is 66.6 Å². The standard InChI is InChI=1S/C25H35NO16/c1-10(27)35-9-16-18(36-11(2)28)21(37-12(3)29)22(38-13(4)30)24(39-16)40-20-17(26(32)33)14(23(31)34-7)8-15-19(20)42-25(5,6)41-15/h14-22,24H,8-9H2,1-7H3/t14-,15+,16?,17+,18?,19+,20+,21?,22?,24?/m0/s1. The fourth-order valence-electron chi connectivity index (χ4n) is 5.40. The highest BCUT2D eigenvalue weighted by Gasteiger charge is 2.63. The smallest absolute Gasteiger partial charge is 0.315 e. The quantitative estimate of drug-likeness (QED) is 0.144. The minimum atomic E-state index is -1.75. The van der Waals surface area contributed by atoms with Gasteiger partial charge in [0.05, 0.1) is 13.2 Å². The molecule has 2 heterocycles. The maximum atomic E-state index is 12.7. The molecule has 3 rings (SSSR count). The van der Waals surface area contributed by atoms with Crippen molar-refractivity contribution in [3.8, 4) is 0 Å². The van der Waals surface area contributed by atoms with Crippen molar-refractivity contribution >= 4 is 29.8 Å². The van der Waals surface area contributed by atoms with E-state index < -0.39 is 108 Å². The van der Waals surface area contributed by atoms with Gasteiger partial charge < -0.3 is 42.6 Å². The largest absolute Gasteiger partial charge is 0.469 e. The molecular formula is C25H35NO16. The second kappa shape index (κ2) is 13.3. The summed E-state index contributed by atoms with van der Waals surface area (Å²) in [6, 6.07) is -1.75. The van der Waals surface area contributed by atoms with Crippen molar-refractivity contribution in [2.24, 2.45) is 5.92 Å². The molecule has 5 unspecified atom stereocenters. The molecule has 0 aromatic rings. The minimum absolute atomic E-state index is 0.120. The maximum absolute atomic E-state index is 12.7. The molecule has 42 heavy (non-hydrogen) atoms. The van der Waals surface area contributed by atoms with Crippen LogP contribution in [0.1, 0.15) is 48.0 Å². The van der Waals surface area contributed by atoms with Gasteiger partial charge in [0, 0.05) is 32.6 Å². The Hall–Kier alpha value is -3.41. The van der Waals surface area contributed by atoms with E-state index in [4.69, 9.17) is 42.6 Å². The number of methoxy groups -OCH3 is 1. The van der Waals surface area contributed by atoms with Crippen LogP contribution in [0.15, 0.2) is 0 Å².